The average Bonchev–Trinajstić information content (AvgIpc) is 2.26. The minimum Gasteiger partial charge on any atom is -0.474 e. The van der Waals surface area contributed by atoms with Gasteiger partial charge in [0.05, 0.1) is 5.56 Å². The highest BCUT2D eigenvalue weighted by molar-refractivity contribution is 6.29. The predicted molar refractivity (Wildman–Crippen MR) is 66.3 cm³/mol. The highest BCUT2D eigenvalue weighted by atomic mass is 35.5. The number of pyridine rings is 1. The second-order valence-electron chi connectivity index (χ2n) is 5.03. The topological polar surface area (TPSA) is 22.1 Å². The fourth-order valence-corrected chi connectivity index (χ4v) is 2.55. The zero-order valence-electron chi connectivity index (χ0n) is 10.5. The van der Waals surface area contributed by atoms with Crippen molar-refractivity contribution in [2.45, 2.75) is 44.9 Å². The molecule has 0 aliphatic heterocycles. The van der Waals surface area contributed by atoms with E-state index >= 15 is 0 Å². The summed E-state index contributed by atoms with van der Waals surface area (Å²) in [4.78, 5) is 3.81. The van der Waals surface area contributed by atoms with Crippen LogP contribution in [-0.2, 0) is 6.18 Å². The molecule has 2 nitrogen and oxygen atoms in total. The Balaban J connectivity index is 2.14. The van der Waals surface area contributed by atoms with Crippen LogP contribution in [-0.4, -0.2) is 11.1 Å². The van der Waals surface area contributed by atoms with Crippen LogP contribution in [0.4, 0.5) is 13.2 Å². The Hall–Kier alpha value is -0.970. The van der Waals surface area contributed by atoms with E-state index in [0.29, 0.717) is 5.92 Å². The summed E-state index contributed by atoms with van der Waals surface area (Å²) in [5.74, 6) is 0.485. The van der Waals surface area contributed by atoms with Crippen molar-refractivity contribution in [2.24, 2.45) is 5.92 Å². The van der Waals surface area contributed by atoms with Gasteiger partial charge in [-0.2, -0.15) is 13.2 Å². The molecule has 0 aromatic carbocycles. The van der Waals surface area contributed by atoms with E-state index in [-0.39, 0.29) is 17.1 Å². The van der Waals surface area contributed by atoms with E-state index in [4.69, 9.17) is 16.3 Å². The first-order valence-electron chi connectivity index (χ1n) is 6.26. The van der Waals surface area contributed by atoms with Crippen LogP contribution in [0.25, 0.3) is 0 Å². The lowest BCUT2D eigenvalue weighted by molar-refractivity contribution is -0.137. The summed E-state index contributed by atoms with van der Waals surface area (Å²) in [7, 11) is 0. The Kier molecular flexibility index (Phi) is 4.23. The van der Waals surface area contributed by atoms with E-state index in [1.165, 1.54) is 0 Å². The molecular formula is C13H15ClF3NO. The number of nitrogens with zero attached hydrogens (tertiary/aromatic N) is 1. The molecule has 1 saturated carbocycles. The molecule has 0 N–H and O–H groups in total. The molecule has 1 heterocycles. The molecule has 0 bridgehead atoms. The van der Waals surface area contributed by atoms with Crippen molar-refractivity contribution in [1.29, 1.82) is 0 Å². The van der Waals surface area contributed by atoms with Crippen LogP contribution in [0.1, 0.15) is 38.2 Å². The third-order valence-electron chi connectivity index (χ3n) is 3.27. The summed E-state index contributed by atoms with van der Waals surface area (Å²) in [6.45, 7) is 2.11. The lowest BCUT2D eigenvalue weighted by Gasteiger charge is -2.27. The number of alkyl halides is 3. The van der Waals surface area contributed by atoms with Crippen molar-refractivity contribution in [2.75, 3.05) is 0 Å². The molecule has 6 heteroatoms. The normalized spacial score (nSPS) is 24.3. The third-order valence-corrected chi connectivity index (χ3v) is 3.47. The van der Waals surface area contributed by atoms with Gasteiger partial charge in [0.15, 0.2) is 0 Å². The minimum atomic E-state index is -4.44. The van der Waals surface area contributed by atoms with Gasteiger partial charge in [-0.25, -0.2) is 4.98 Å². The number of rotatable bonds is 2. The summed E-state index contributed by atoms with van der Waals surface area (Å²) in [6, 6.07) is 1.71. The van der Waals surface area contributed by atoms with Crippen molar-refractivity contribution in [3.63, 3.8) is 0 Å². The molecule has 0 amide bonds. The molecule has 1 aromatic heterocycles. The highest BCUT2D eigenvalue weighted by Crippen LogP contribution is 2.34. The monoisotopic (exact) mass is 293 g/mol. The number of ether oxygens (including phenoxy) is 1. The zero-order chi connectivity index (χ0) is 14.0. The molecular weight excluding hydrogens is 279 g/mol. The van der Waals surface area contributed by atoms with Crippen LogP contribution < -0.4 is 4.74 Å². The van der Waals surface area contributed by atoms with Crippen molar-refractivity contribution in [3.8, 4) is 5.88 Å². The smallest absolute Gasteiger partial charge is 0.416 e. The number of hydrogen-bond donors (Lipinski definition) is 0. The van der Waals surface area contributed by atoms with Crippen LogP contribution in [0, 0.1) is 5.92 Å². The van der Waals surface area contributed by atoms with E-state index in [2.05, 4.69) is 11.9 Å². The second-order valence-corrected chi connectivity index (χ2v) is 5.41. The molecule has 1 fully saturated rings. The van der Waals surface area contributed by atoms with Gasteiger partial charge in [0.1, 0.15) is 11.3 Å². The fourth-order valence-electron chi connectivity index (χ4n) is 2.35. The maximum Gasteiger partial charge on any atom is 0.416 e. The number of hydrogen-bond acceptors (Lipinski definition) is 2. The Morgan fingerprint density at radius 1 is 1.32 bits per heavy atom. The first-order chi connectivity index (χ1) is 8.84. The molecule has 1 aliphatic rings. The molecule has 0 saturated heterocycles. The van der Waals surface area contributed by atoms with Crippen LogP contribution in [0.5, 0.6) is 5.88 Å². The van der Waals surface area contributed by atoms with Gasteiger partial charge in [-0.15, -0.1) is 0 Å². The lowest BCUT2D eigenvalue weighted by atomic mass is 9.89. The van der Waals surface area contributed by atoms with Gasteiger partial charge in [-0.1, -0.05) is 24.9 Å². The summed E-state index contributed by atoms with van der Waals surface area (Å²) >= 11 is 5.61. The summed E-state index contributed by atoms with van der Waals surface area (Å²) in [5, 5.41) is -0.200. The molecule has 0 spiro atoms. The molecule has 1 aliphatic carbocycles. The standard InChI is InChI=1S/C13H15ClF3NO/c1-8-3-2-4-10(5-8)19-12-7-9(13(15,16)17)6-11(14)18-12/h6-8,10H,2-5H2,1H3. The van der Waals surface area contributed by atoms with E-state index in [9.17, 15) is 13.2 Å². The van der Waals surface area contributed by atoms with Crippen molar-refractivity contribution in [1.82, 2.24) is 4.98 Å². The summed E-state index contributed by atoms with van der Waals surface area (Å²) in [6.07, 6.45) is -0.661. The van der Waals surface area contributed by atoms with Crippen LogP contribution >= 0.6 is 11.6 Å². The molecule has 2 atom stereocenters. The van der Waals surface area contributed by atoms with E-state index in [1.54, 1.807) is 0 Å². The molecule has 106 valence electrons. The van der Waals surface area contributed by atoms with E-state index in [0.717, 1.165) is 37.8 Å². The minimum absolute atomic E-state index is 0.0427. The van der Waals surface area contributed by atoms with Crippen molar-refractivity contribution in [3.05, 3.63) is 22.8 Å². The lowest BCUT2D eigenvalue weighted by Crippen LogP contribution is -2.24. The predicted octanol–water partition coefficient (Wildman–Crippen LogP) is 4.71. The quantitative estimate of drug-likeness (QED) is 0.737. The highest BCUT2D eigenvalue weighted by Gasteiger charge is 2.32. The fraction of sp³-hybridized carbons (Fsp3) is 0.615. The van der Waals surface area contributed by atoms with Gasteiger partial charge in [0.25, 0.3) is 0 Å². The first-order valence-corrected chi connectivity index (χ1v) is 6.64. The van der Waals surface area contributed by atoms with Gasteiger partial charge in [-0.05, 0) is 31.2 Å². The summed E-state index contributed by atoms with van der Waals surface area (Å²) < 4.78 is 43.5. The van der Waals surface area contributed by atoms with Gasteiger partial charge < -0.3 is 4.74 Å². The Labute approximate surface area is 114 Å². The maximum absolute atomic E-state index is 12.6. The van der Waals surface area contributed by atoms with Crippen LogP contribution in [0.15, 0.2) is 12.1 Å². The largest absolute Gasteiger partial charge is 0.474 e. The average molecular weight is 294 g/mol. The van der Waals surface area contributed by atoms with Crippen molar-refractivity contribution >= 4 is 11.6 Å². The molecule has 1 aromatic rings. The van der Waals surface area contributed by atoms with Gasteiger partial charge in [0, 0.05) is 6.07 Å². The van der Waals surface area contributed by atoms with Gasteiger partial charge in [0.2, 0.25) is 5.88 Å². The number of halogens is 4. The molecule has 19 heavy (non-hydrogen) atoms. The molecule has 2 unspecified atom stereocenters. The van der Waals surface area contributed by atoms with Gasteiger partial charge >= 0.3 is 6.18 Å². The number of aromatic nitrogens is 1. The summed E-state index contributed by atoms with van der Waals surface area (Å²) in [5.41, 5.74) is -0.827. The van der Waals surface area contributed by atoms with E-state index < -0.39 is 11.7 Å². The third kappa shape index (κ3) is 4.00. The maximum atomic E-state index is 12.6. The van der Waals surface area contributed by atoms with E-state index in [1.807, 2.05) is 0 Å². The van der Waals surface area contributed by atoms with Crippen LogP contribution in [0.3, 0.4) is 0 Å². The first kappa shape index (κ1) is 14.4. The Morgan fingerprint density at radius 3 is 2.68 bits per heavy atom. The Morgan fingerprint density at radius 2 is 2.05 bits per heavy atom. The van der Waals surface area contributed by atoms with Crippen molar-refractivity contribution < 1.29 is 17.9 Å². The van der Waals surface area contributed by atoms with Gasteiger partial charge in [-0.3, -0.25) is 0 Å². The SMILES string of the molecule is CC1CCCC(Oc2cc(C(F)(F)F)cc(Cl)n2)C1. The molecule has 2 rings (SSSR count). The molecule has 0 radical (unpaired) electrons. The van der Waals surface area contributed by atoms with Crippen LogP contribution in [0.2, 0.25) is 5.15 Å². The zero-order valence-corrected chi connectivity index (χ0v) is 11.3. The Bertz CT molecular complexity index is 450. The second kappa shape index (κ2) is 5.57.